The predicted octanol–water partition coefficient (Wildman–Crippen LogP) is 2.12. The zero-order valence-electron chi connectivity index (χ0n) is 11.8. The summed E-state index contributed by atoms with van der Waals surface area (Å²) in [4.78, 5) is 6.15. The number of rotatable bonds is 3. The van der Waals surface area contributed by atoms with Crippen LogP contribution in [0, 0.1) is 5.92 Å². The van der Waals surface area contributed by atoms with E-state index in [1.54, 1.807) is 12.3 Å². The van der Waals surface area contributed by atoms with Gasteiger partial charge in [-0.25, -0.2) is 0 Å². The summed E-state index contributed by atoms with van der Waals surface area (Å²) < 4.78 is 0. The molecule has 0 saturated heterocycles. The molecule has 0 amide bonds. The van der Waals surface area contributed by atoms with Crippen molar-refractivity contribution in [1.82, 2.24) is 9.88 Å². The van der Waals surface area contributed by atoms with Crippen molar-refractivity contribution in [3.05, 3.63) is 24.0 Å². The minimum absolute atomic E-state index is 0.124. The zero-order valence-corrected chi connectivity index (χ0v) is 11.8. The van der Waals surface area contributed by atoms with Gasteiger partial charge < -0.3 is 15.1 Å². The zero-order chi connectivity index (χ0) is 13.9. The van der Waals surface area contributed by atoms with Crippen molar-refractivity contribution in [3.8, 4) is 5.75 Å². The molecular formula is C15H24N2O2. The summed E-state index contributed by atoms with van der Waals surface area (Å²) in [5, 5.41) is 20.8. The highest BCUT2D eigenvalue weighted by atomic mass is 16.3. The Morgan fingerprint density at radius 3 is 2.79 bits per heavy atom. The molecule has 0 bridgehead atoms. The second kappa shape index (κ2) is 5.88. The molecule has 1 fully saturated rings. The largest absolute Gasteiger partial charge is 0.506 e. The maximum atomic E-state index is 11.2. The lowest BCUT2D eigenvalue weighted by atomic mass is 9.78. The Hall–Kier alpha value is -1.13. The molecule has 2 atom stereocenters. The molecule has 0 aliphatic heterocycles. The topological polar surface area (TPSA) is 56.6 Å². The van der Waals surface area contributed by atoms with E-state index in [0.29, 0.717) is 0 Å². The molecule has 1 aromatic rings. The van der Waals surface area contributed by atoms with Crippen LogP contribution in [-0.4, -0.2) is 40.7 Å². The number of nitrogens with zero attached hydrogens (tertiary/aromatic N) is 2. The van der Waals surface area contributed by atoms with Crippen molar-refractivity contribution in [2.24, 2.45) is 5.92 Å². The third kappa shape index (κ3) is 3.25. The van der Waals surface area contributed by atoms with E-state index in [4.69, 9.17) is 0 Å². The molecule has 4 heteroatoms. The van der Waals surface area contributed by atoms with E-state index < -0.39 is 5.60 Å². The van der Waals surface area contributed by atoms with Crippen LogP contribution < -0.4 is 0 Å². The molecule has 1 heterocycles. The Bertz CT molecular complexity index is 422. The molecule has 2 N–H and O–H groups in total. The lowest BCUT2D eigenvalue weighted by molar-refractivity contribution is -0.0392. The third-order valence-electron chi connectivity index (χ3n) is 4.10. The number of aromatic hydroxyl groups is 1. The Balaban J connectivity index is 2.33. The van der Waals surface area contributed by atoms with Gasteiger partial charge in [0.2, 0.25) is 0 Å². The highest BCUT2D eigenvalue weighted by molar-refractivity contribution is 5.28. The van der Waals surface area contributed by atoms with Gasteiger partial charge in [0.25, 0.3) is 0 Å². The molecule has 1 saturated carbocycles. The Morgan fingerprint density at radius 1 is 1.32 bits per heavy atom. The minimum atomic E-state index is -0.869. The van der Waals surface area contributed by atoms with Crippen molar-refractivity contribution in [3.63, 3.8) is 0 Å². The summed E-state index contributed by atoms with van der Waals surface area (Å²) in [6.07, 6.45) is 8.21. The van der Waals surface area contributed by atoms with Gasteiger partial charge in [-0.15, -0.1) is 0 Å². The summed E-state index contributed by atoms with van der Waals surface area (Å²) in [5.74, 6) is 0.312. The average molecular weight is 264 g/mol. The van der Waals surface area contributed by atoms with Crippen molar-refractivity contribution in [2.45, 2.75) is 37.7 Å². The maximum Gasteiger partial charge on any atom is 0.134 e. The molecule has 106 valence electrons. The first-order valence-corrected chi connectivity index (χ1v) is 7.04. The monoisotopic (exact) mass is 264 g/mol. The van der Waals surface area contributed by atoms with Crippen LogP contribution in [0.2, 0.25) is 0 Å². The normalized spacial score (nSPS) is 28.3. The molecule has 1 aromatic heterocycles. The SMILES string of the molecule is CN(C)CC1CCCCCC1(O)c1cncc(O)c1. The molecule has 0 spiro atoms. The summed E-state index contributed by atoms with van der Waals surface area (Å²) in [6.45, 7) is 0.853. The lowest BCUT2D eigenvalue weighted by Gasteiger charge is -2.36. The molecule has 4 nitrogen and oxygen atoms in total. The number of aliphatic hydroxyl groups is 1. The minimum Gasteiger partial charge on any atom is -0.506 e. The van der Waals surface area contributed by atoms with Crippen LogP contribution in [0.1, 0.15) is 37.7 Å². The van der Waals surface area contributed by atoms with Gasteiger partial charge in [0.1, 0.15) is 5.75 Å². The standard InChI is InChI=1S/C15H24N2O2/c1-17(2)11-12-6-4-3-5-7-15(12,19)13-8-14(18)10-16-9-13/h8-10,12,18-19H,3-7,11H2,1-2H3. The van der Waals surface area contributed by atoms with Crippen LogP contribution in [0.4, 0.5) is 0 Å². The van der Waals surface area contributed by atoms with E-state index in [-0.39, 0.29) is 11.7 Å². The summed E-state index contributed by atoms with van der Waals surface area (Å²) in [7, 11) is 4.07. The van der Waals surface area contributed by atoms with Crippen molar-refractivity contribution in [1.29, 1.82) is 0 Å². The molecule has 1 aliphatic carbocycles. The lowest BCUT2D eigenvalue weighted by Crippen LogP contribution is -2.40. The van der Waals surface area contributed by atoms with Crippen molar-refractivity contribution >= 4 is 0 Å². The van der Waals surface area contributed by atoms with Gasteiger partial charge in [-0.05, 0) is 33.0 Å². The van der Waals surface area contributed by atoms with Gasteiger partial charge in [-0.1, -0.05) is 19.3 Å². The highest BCUT2D eigenvalue weighted by Crippen LogP contribution is 2.41. The van der Waals surface area contributed by atoms with E-state index in [2.05, 4.69) is 9.88 Å². The van der Waals surface area contributed by atoms with E-state index in [9.17, 15) is 10.2 Å². The fourth-order valence-corrected chi connectivity index (χ4v) is 3.13. The van der Waals surface area contributed by atoms with Crippen LogP contribution in [-0.2, 0) is 5.60 Å². The number of aromatic nitrogens is 1. The molecule has 0 aromatic carbocycles. The third-order valence-corrected chi connectivity index (χ3v) is 4.10. The molecule has 0 radical (unpaired) electrons. The first-order valence-electron chi connectivity index (χ1n) is 7.04. The number of pyridine rings is 1. The molecule has 19 heavy (non-hydrogen) atoms. The fraction of sp³-hybridized carbons (Fsp3) is 0.667. The second-order valence-corrected chi connectivity index (χ2v) is 5.91. The summed E-state index contributed by atoms with van der Waals surface area (Å²) >= 11 is 0. The summed E-state index contributed by atoms with van der Waals surface area (Å²) in [5.41, 5.74) is -0.117. The number of hydrogen-bond acceptors (Lipinski definition) is 4. The maximum absolute atomic E-state index is 11.2. The molecule has 1 aliphatic rings. The van der Waals surface area contributed by atoms with Crippen molar-refractivity contribution in [2.75, 3.05) is 20.6 Å². The van der Waals surface area contributed by atoms with E-state index in [0.717, 1.165) is 37.8 Å². The van der Waals surface area contributed by atoms with Crippen LogP contribution in [0.3, 0.4) is 0 Å². The van der Waals surface area contributed by atoms with Crippen LogP contribution in [0.25, 0.3) is 0 Å². The Labute approximate surface area is 115 Å². The average Bonchev–Trinajstić information content (AvgIpc) is 2.53. The summed E-state index contributed by atoms with van der Waals surface area (Å²) in [6, 6.07) is 1.65. The van der Waals surface area contributed by atoms with Gasteiger partial charge in [-0.2, -0.15) is 0 Å². The fourth-order valence-electron chi connectivity index (χ4n) is 3.13. The van der Waals surface area contributed by atoms with E-state index in [1.807, 2.05) is 14.1 Å². The predicted molar refractivity (Wildman–Crippen MR) is 74.9 cm³/mol. The Kier molecular flexibility index (Phi) is 4.42. The smallest absolute Gasteiger partial charge is 0.134 e. The van der Waals surface area contributed by atoms with Gasteiger partial charge in [-0.3, -0.25) is 4.98 Å². The van der Waals surface area contributed by atoms with Crippen molar-refractivity contribution < 1.29 is 10.2 Å². The van der Waals surface area contributed by atoms with Crippen LogP contribution in [0.15, 0.2) is 18.5 Å². The van der Waals surface area contributed by atoms with Gasteiger partial charge in [0.05, 0.1) is 11.8 Å². The highest BCUT2D eigenvalue weighted by Gasteiger charge is 2.39. The van der Waals surface area contributed by atoms with Crippen LogP contribution >= 0.6 is 0 Å². The quantitative estimate of drug-likeness (QED) is 0.821. The molecule has 2 unspecified atom stereocenters. The van der Waals surface area contributed by atoms with E-state index in [1.165, 1.54) is 12.6 Å². The number of hydrogen-bond donors (Lipinski definition) is 2. The van der Waals surface area contributed by atoms with Crippen LogP contribution in [0.5, 0.6) is 5.75 Å². The first kappa shape index (κ1) is 14.3. The van der Waals surface area contributed by atoms with Gasteiger partial charge in [0, 0.05) is 24.2 Å². The first-order chi connectivity index (χ1) is 9.02. The molecule has 2 rings (SSSR count). The van der Waals surface area contributed by atoms with Gasteiger partial charge in [0.15, 0.2) is 0 Å². The van der Waals surface area contributed by atoms with E-state index >= 15 is 0 Å². The Morgan fingerprint density at radius 2 is 2.11 bits per heavy atom. The molecular weight excluding hydrogens is 240 g/mol. The second-order valence-electron chi connectivity index (χ2n) is 5.91. The van der Waals surface area contributed by atoms with Gasteiger partial charge >= 0.3 is 0 Å².